The van der Waals surface area contributed by atoms with Crippen LogP contribution in [-0.4, -0.2) is 37.2 Å². The minimum absolute atomic E-state index is 0.0857. The maximum absolute atomic E-state index is 12.9. The van der Waals surface area contributed by atoms with Crippen LogP contribution in [0.15, 0.2) is 85.1 Å². The Morgan fingerprint density at radius 3 is 0.776 bits per heavy atom. The summed E-state index contributed by atoms with van der Waals surface area (Å²) in [6, 6.07) is 0. The van der Waals surface area contributed by atoms with Gasteiger partial charge in [0.2, 0.25) is 0 Å². The Kier molecular flexibility index (Phi) is 61.2. The molecule has 0 aliphatic heterocycles. The molecule has 0 saturated carbocycles. The molecule has 0 aromatic rings. The van der Waals surface area contributed by atoms with Gasteiger partial charge in [-0.3, -0.25) is 14.4 Å². The van der Waals surface area contributed by atoms with Crippen molar-refractivity contribution in [3.8, 4) is 0 Å². The summed E-state index contributed by atoms with van der Waals surface area (Å²) in [7, 11) is 0. The molecule has 1 atom stereocenters. The maximum Gasteiger partial charge on any atom is 0.306 e. The highest BCUT2D eigenvalue weighted by Crippen LogP contribution is 2.16. The van der Waals surface area contributed by atoms with Crippen LogP contribution in [0.2, 0.25) is 0 Å². The number of rotatable bonds is 59. The van der Waals surface area contributed by atoms with Crippen molar-refractivity contribution in [2.75, 3.05) is 13.2 Å². The second-order valence-corrected chi connectivity index (χ2v) is 21.7. The van der Waals surface area contributed by atoms with E-state index in [4.69, 9.17) is 14.2 Å². The van der Waals surface area contributed by atoms with Crippen molar-refractivity contribution in [1.82, 2.24) is 0 Å². The van der Waals surface area contributed by atoms with Crippen molar-refractivity contribution in [2.45, 2.75) is 329 Å². The molecule has 0 fully saturated rings. The molecule has 0 radical (unpaired) electrons. The van der Waals surface area contributed by atoms with Crippen molar-refractivity contribution in [2.24, 2.45) is 0 Å². The lowest BCUT2D eigenvalue weighted by atomic mass is 10.1. The molecule has 0 bridgehead atoms. The number of allylic oxidation sites excluding steroid dienone is 14. The van der Waals surface area contributed by atoms with Crippen LogP contribution >= 0.6 is 0 Å². The van der Waals surface area contributed by atoms with Crippen LogP contribution in [0.5, 0.6) is 0 Å². The molecule has 6 heteroatoms. The van der Waals surface area contributed by atoms with E-state index in [0.717, 1.165) is 103 Å². The van der Waals surface area contributed by atoms with Crippen LogP contribution in [-0.2, 0) is 28.6 Å². The summed E-state index contributed by atoms with van der Waals surface area (Å²) in [6.07, 6.45) is 84.4. The summed E-state index contributed by atoms with van der Waals surface area (Å²) in [4.78, 5) is 38.3. The Bertz CT molecular complexity index is 1450. The van der Waals surface area contributed by atoms with Gasteiger partial charge >= 0.3 is 17.9 Å². The summed E-state index contributed by atoms with van der Waals surface area (Å²) >= 11 is 0. The fourth-order valence-corrected chi connectivity index (χ4v) is 9.16. The third-order valence-corrected chi connectivity index (χ3v) is 14.1. The van der Waals surface area contributed by atoms with Crippen molar-refractivity contribution in [1.29, 1.82) is 0 Å². The number of ether oxygens (including phenoxy) is 3. The smallest absolute Gasteiger partial charge is 0.306 e. The van der Waals surface area contributed by atoms with Gasteiger partial charge in [-0.2, -0.15) is 0 Å². The maximum atomic E-state index is 12.9. The zero-order chi connectivity index (χ0) is 55.0. The van der Waals surface area contributed by atoms with Gasteiger partial charge in [-0.15, -0.1) is 0 Å². The molecule has 0 saturated heterocycles. The molecular formula is C70H122O6. The third-order valence-electron chi connectivity index (χ3n) is 14.1. The topological polar surface area (TPSA) is 78.9 Å². The Morgan fingerprint density at radius 2 is 0.474 bits per heavy atom. The average Bonchev–Trinajstić information content (AvgIpc) is 3.42. The summed E-state index contributed by atoms with van der Waals surface area (Å²) in [5.41, 5.74) is 0. The van der Waals surface area contributed by atoms with Crippen LogP contribution in [0, 0.1) is 0 Å². The van der Waals surface area contributed by atoms with E-state index in [1.165, 1.54) is 180 Å². The van der Waals surface area contributed by atoms with E-state index in [-0.39, 0.29) is 31.1 Å². The van der Waals surface area contributed by atoms with Gasteiger partial charge in [0, 0.05) is 19.3 Å². The Labute approximate surface area is 471 Å². The molecule has 0 amide bonds. The van der Waals surface area contributed by atoms with Crippen molar-refractivity contribution >= 4 is 17.9 Å². The van der Waals surface area contributed by atoms with Crippen LogP contribution in [0.3, 0.4) is 0 Å². The largest absolute Gasteiger partial charge is 0.462 e. The van der Waals surface area contributed by atoms with Gasteiger partial charge < -0.3 is 14.2 Å². The third kappa shape index (κ3) is 61.4. The van der Waals surface area contributed by atoms with Crippen LogP contribution in [0.1, 0.15) is 323 Å². The lowest BCUT2D eigenvalue weighted by molar-refractivity contribution is -0.167. The highest BCUT2D eigenvalue weighted by atomic mass is 16.6. The molecule has 0 aromatic carbocycles. The fraction of sp³-hybridized carbons (Fsp3) is 0.757. The van der Waals surface area contributed by atoms with Gasteiger partial charge in [0.1, 0.15) is 13.2 Å². The number of hydrogen-bond acceptors (Lipinski definition) is 6. The van der Waals surface area contributed by atoms with Gasteiger partial charge in [-0.05, 0) is 122 Å². The van der Waals surface area contributed by atoms with Crippen LogP contribution < -0.4 is 0 Å². The molecule has 0 rings (SSSR count). The number of carbonyl (C=O) groups is 3. The molecule has 0 N–H and O–H groups in total. The van der Waals surface area contributed by atoms with Crippen molar-refractivity contribution < 1.29 is 28.6 Å². The van der Waals surface area contributed by atoms with Gasteiger partial charge in [0.05, 0.1) is 0 Å². The second-order valence-electron chi connectivity index (χ2n) is 21.7. The normalized spacial score (nSPS) is 12.6. The Morgan fingerprint density at radius 1 is 0.263 bits per heavy atom. The molecule has 0 aliphatic rings. The number of hydrogen-bond donors (Lipinski definition) is 0. The summed E-state index contributed by atoms with van der Waals surface area (Å²) in [5, 5.41) is 0. The Hall–Kier alpha value is -3.41. The van der Waals surface area contributed by atoms with E-state index in [0.29, 0.717) is 19.3 Å². The monoisotopic (exact) mass is 1060 g/mol. The average molecular weight is 1060 g/mol. The van der Waals surface area contributed by atoms with Gasteiger partial charge in [-0.1, -0.05) is 266 Å². The molecule has 1 unspecified atom stereocenters. The van der Waals surface area contributed by atoms with E-state index < -0.39 is 6.10 Å². The summed E-state index contributed by atoms with van der Waals surface area (Å²) in [5.74, 6) is -0.899. The zero-order valence-corrected chi connectivity index (χ0v) is 50.3. The van der Waals surface area contributed by atoms with Crippen LogP contribution in [0.25, 0.3) is 0 Å². The summed E-state index contributed by atoms with van der Waals surface area (Å²) in [6.45, 7) is 6.59. The van der Waals surface area contributed by atoms with Gasteiger partial charge in [0.25, 0.3) is 0 Å². The minimum atomic E-state index is -0.790. The molecule has 438 valence electrons. The van der Waals surface area contributed by atoms with Gasteiger partial charge in [0.15, 0.2) is 6.10 Å². The number of unbranched alkanes of at least 4 members (excludes halogenated alkanes) is 34. The highest BCUT2D eigenvalue weighted by Gasteiger charge is 2.19. The fourth-order valence-electron chi connectivity index (χ4n) is 9.16. The SMILES string of the molecule is CCCCC/C=C\C/C=C\CCCCCCCC(=O)OCC(COC(=O)CCCCCCCCCCCC/C=C\C/C=C\C/C=C\CCCCCCC)OC(=O)CCCCCCCCC/C=C\C/C=C\CCCCCC. The number of esters is 3. The predicted octanol–water partition coefficient (Wildman–Crippen LogP) is 22.3. The first-order valence-corrected chi connectivity index (χ1v) is 32.6. The lowest BCUT2D eigenvalue weighted by Crippen LogP contribution is -2.30. The first-order chi connectivity index (χ1) is 37.5. The number of carbonyl (C=O) groups excluding carboxylic acids is 3. The summed E-state index contributed by atoms with van der Waals surface area (Å²) < 4.78 is 16.9. The standard InChI is InChI=1S/C70H122O6/c1-4-7-10-13-16-19-22-25-28-30-32-33-34-35-36-37-38-40-42-45-48-51-54-57-60-63-69(72)75-66-67(65-74-68(71)62-59-56-53-50-47-44-41-27-24-21-18-15-12-9-6-3)76-70(73)64-61-58-55-52-49-46-43-39-31-29-26-23-20-17-14-11-8-5-2/h18,20-23,25,27,29-32,34-35,41,67H,4-17,19,24,26,28,33,36-40,42-66H2,1-3H3/b21-18-,23-20-,25-22-,31-29-,32-30-,35-34-,41-27-. The molecule has 0 heterocycles. The quantitative estimate of drug-likeness (QED) is 0.0261. The second kappa shape index (κ2) is 64.1. The van der Waals surface area contributed by atoms with Gasteiger partial charge in [-0.25, -0.2) is 0 Å². The zero-order valence-electron chi connectivity index (χ0n) is 50.3. The molecule has 76 heavy (non-hydrogen) atoms. The molecular weight excluding hydrogens is 937 g/mol. The van der Waals surface area contributed by atoms with Crippen molar-refractivity contribution in [3.63, 3.8) is 0 Å². The predicted molar refractivity (Wildman–Crippen MR) is 330 cm³/mol. The molecule has 0 spiro atoms. The molecule has 0 aliphatic carbocycles. The minimum Gasteiger partial charge on any atom is -0.462 e. The van der Waals surface area contributed by atoms with Crippen molar-refractivity contribution in [3.05, 3.63) is 85.1 Å². The van der Waals surface area contributed by atoms with Crippen LogP contribution in [0.4, 0.5) is 0 Å². The molecule has 6 nitrogen and oxygen atoms in total. The van der Waals surface area contributed by atoms with E-state index >= 15 is 0 Å². The molecule has 0 aromatic heterocycles. The van der Waals surface area contributed by atoms with E-state index in [1.807, 2.05) is 0 Å². The van der Waals surface area contributed by atoms with E-state index in [9.17, 15) is 14.4 Å². The van der Waals surface area contributed by atoms with E-state index in [1.54, 1.807) is 0 Å². The van der Waals surface area contributed by atoms with E-state index in [2.05, 4.69) is 106 Å². The first kappa shape index (κ1) is 72.6. The lowest BCUT2D eigenvalue weighted by Gasteiger charge is -2.18. The first-order valence-electron chi connectivity index (χ1n) is 32.6. The highest BCUT2D eigenvalue weighted by molar-refractivity contribution is 5.71. The Balaban J connectivity index is 4.36.